The Morgan fingerprint density at radius 1 is 1.25 bits per heavy atom. The molecule has 1 amide bonds. The highest BCUT2D eigenvalue weighted by Gasteiger charge is 2.31. The SMILES string of the molecule is CC(=O)SC1CC(=O)N(c2cccc(C=Cc3ccccn3)c2)C1. The zero-order chi connectivity index (χ0) is 16.9. The van der Waals surface area contributed by atoms with Crippen LogP contribution in [0.5, 0.6) is 0 Å². The standard InChI is InChI=1S/C19H18N2O2S/c1-14(22)24-18-12-19(23)21(13-18)17-7-4-5-15(11-17)8-9-16-6-2-3-10-20-16/h2-11,18H,12-13H2,1H3. The quantitative estimate of drug-likeness (QED) is 0.854. The zero-order valence-electron chi connectivity index (χ0n) is 13.4. The van der Waals surface area contributed by atoms with Gasteiger partial charge in [-0.25, -0.2) is 0 Å². The Morgan fingerprint density at radius 3 is 2.88 bits per heavy atom. The molecule has 1 aliphatic rings. The summed E-state index contributed by atoms with van der Waals surface area (Å²) in [6, 6.07) is 13.6. The average molecular weight is 338 g/mol. The molecule has 1 unspecified atom stereocenters. The lowest BCUT2D eigenvalue weighted by Gasteiger charge is -2.17. The van der Waals surface area contributed by atoms with Crippen molar-refractivity contribution in [2.24, 2.45) is 0 Å². The molecule has 1 fully saturated rings. The van der Waals surface area contributed by atoms with E-state index < -0.39 is 0 Å². The van der Waals surface area contributed by atoms with Crippen molar-refractivity contribution in [2.45, 2.75) is 18.6 Å². The van der Waals surface area contributed by atoms with Crippen molar-refractivity contribution in [3.05, 3.63) is 59.9 Å². The van der Waals surface area contributed by atoms with Crippen LogP contribution in [-0.2, 0) is 9.59 Å². The average Bonchev–Trinajstić information content (AvgIpc) is 2.94. The minimum absolute atomic E-state index is 0.0442. The summed E-state index contributed by atoms with van der Waals surface area (Å²) in [5.74, 6) is 0.0691. The third-order valence-corrected chi connectivity index (χ3v) is 4.72. The number of thioether (sulfide) groups is 1. The summed E-state index contributed by atoms with van der Waals surface area (Å²) in [6.07, 6.45) is 6.09. The van der Waals surface area contributed by atoms with Gasteiger partial charge in [0.2, 0.25) is 5.91 Å². The first-order valence-electron chi connectivity index (χ1n) is 7.78. The largest absolute Gasteiger partial charge is 0.311 e. The summed E-state index contributed by atoms with van der Waals surface area (Å²) in [4.78, 5) is 29.5. The lowest BCUT2D eigenvalue weighted by atomic mass is 10.1. The van der Waals surface area contributed by atoms with Crippen LogP contribution < -0.4 is 4.90 Å². The van der Waals surface area contributed by atoms with Crippen molar-refractivity contribution in [1.29, 1.82) is 0 Å². The number of anilines is 1. The van der Waals surface area contributed by atoms with Gasteiger partial charge in [-0.15, -0.1) is 0 Å². The molecule has 0 radical (unpaired) electrons. The number of carbonyl (C=O) groups is 2. The molecule has 1 aromatic heterocycles. The lowest BCUT2D eigenvalue weighted by Crippen LogP contribution is -2.24. The molecule has 1 aliphatic heterocycles. The van der Waals surface area contributed by atoms with E-state index in [4.69, 9.17) is 0 Å². The van der Waals surface area contributed by atoms with Gasteiger partial charge in [-0.1, -0.05) is 36.0 Å². The molecule has 1 aromatic carbocycles. The number of benzene rings is 1. The Bertz CT molecular complexity index is 774. The number of amides is 1. The van der Waals surface area contributed by atoms with Gasteiger partial charge >= 0.3 is 0 Å². The Morgan fingerprint density at radius 2 is 2.12 bits per heavy atom. The molecule has 3 rings (SSSR count). The number of aromatic nitrogens is 1. The monoisotopic (exact) mass is 338 g/mol. The summed E-state index contributed by atoms with van der Waals surface area (Å²) < 4.78 is 0. The van der Waals surface area contributed by atoms with E-state index in [1.807, 2.05) is 54.6 Å². The highest BCUT2D eigenvalue weighted by atomic mass is 32.2. The molecule has 0 saturated carbocycles. The fourth-order valence-electron chi connectivity index (χ4n) is 2.69. The molecule has 0 N–H and O–H groups in total. The molecule has 0 bridgehead atoms. The van der Waals surface area contributed by atoms with Crippen molar-refractivity contribution in [2.75, 3.05) is 11.4 Å². The topological polar surface area (TPSA) is 50.3 Å². The number of nitrogens with zero attached hydrogens (tertiary/aromatic N) is 2. The van der Waals surface area contributed by atoms with Gasteiger partial charge in [-0.3, -0.25) is 14.6 Å². The predicted molar refractivity (Wildman–Crippen MR) is 98.6 cm³/mol. The van der Waals surface area contributed by atoms with Crippen LogP contribution in [0.2, 0.25) is 0 Å². The molecule has 0 spiro atoms. The second-order valence-corrected chi connectivity index (χ2v) is 7.10. The molecular formula is C19H18N2O2S. The molecule has 1 saturated heterocycles. The molecule has 0 aliphatic carbocycles. The first-order chi connectivity index (χ1) is 11.6. The van der Waals surface area contributed by atoms with E-state index in [0.29, 0.717) is 13.0 Å². The molecule has 1 atom stereocenters. The van der Waals surface area contributed by atoms with Crippen molar-refractivity contribution in [3.63, 3.8) is 0 Å². The maximum atomic E-state index is 12.2. The summed E-state index contributed by atoms with van der Waals surface area (Å²) >= 11 is 1.25. The fraction of sp³-hybridized carbons (Fsp3) is 0.211. The highest BCUT2D eigenvalue weighted by molar-refractivity contribution is 8.14. The molecule has 122 valence electrons. The van der Waals surface area contributed by atoms with Crippen LogP contribution in [0.25, 0.3) is 12.2 Å². The number of hydrogen-bond acceptors (Lipinski definition) is 4. The van der Waals surface area contributed by atoms with Crippen LogP contribution in [0.3, 0.4) is 0 Å². The highest BCUT2D eigenvalue weighted by Crippen LogP contribution is 2.29. The normalized spacial score (nSPS) is 17.6. The maximum absolute atomic E-state index is 12.2. The number of carbonyl (C=O) groups excluding carboxylic acids is 2. The van der Waals surface area contributed by atoms with Crippen LogP contribution >= 0.6 is 11.8 Å². The van der Waals surface area contributed by atoms with E-state index in [2.05, 4.69) is 4.98 Å². The second-order valence-electron chi connectivity index (χ2n) is 5.62. The first kappa shape index (κ1) is 16.5. The van der Waals surface area contributed by atoms with Crippen molar-refractivity contribution >= 4 is 40.6 Å². The third-order valence-electron chi connectivity index (χ3n) is 3.74. The summed E-state index contributed by atoms with van der Waals surface area (Å²) in [5, 5.41) is 0.101. The van der Waals surface area contributed by atoms with E-state index in [-0.39, 0.29) is 16.3 Å². The van der Waals surface area contributed by atoms with Gasteiger partial charge in [-0.2, -0.15) is 0 Å². The minimum Gasteiger partial charge on any atom is -0.311 e. The Labute approximate surface area is 145 Å². The summed E-state index contributed by atoms with van der Waals surface area (Å²) in [5.41, 5.74) is 2.77. The van der Waals surface area contributed by atoms with Crippen LogP contribution in [0.4, 0.5) is 5.69 Å². The first-order valence-corrected chi connectivity index (χ1v) is 8.66. The van der Waals surface area contributed by atoms with E-state index in [9.17, 15) is 9.59 Å². The Balaban J connectivity index is 1.75. The summed E-state index contributed by atoms with van der Waals surface area (Å²) in [7, 11) is 0. The minimum atomic E-state index is 0.0442. The fourth-order valence-corrected chi connectivity index (χ4v) is 3.61. The number of pyridine rings is 1. The van der Waals surface area contributed by atoms with Gasteiger partial charge in [0.15, 0.2) is 5.12 Å². The zero-order valence-corrected chi connectivity index (χ0v) is 14.2. The van der Waals surface area contributed by atoms with Crippen molar-refractivity contribution < 1.29 is 9.59 Å². The number of hydrogen-bond donors (Lipinski definition) is 0. The molecule has 4 nitrogen and oxygen atoms in total. The molecule has 5 heteroatoms. The Hall–Kier alpha value is -2.40. The van der Waals surface area contributed by atoms with E-state index in [1.165, 1.54) is 11.8 Å². The molecular weight excluding hydrogens is 320 g/mol. The molecule has 2 aromatic rings. The van der Waals surface area contributed by atoms with Crippen LogP contribution in [-0.4, -0.2) is 27.8 Å². The smallest absolute Gasteiger partial charge is 0.228 e. The van der Waals surface area contributed by atoms with Crippen LogP contribution in [0.1, 0.15) is 24.6 Å². The van der Waals surface area contributed by atoms with Gasteiger partial charge in [0.05, 0.1) is 5.69 Å². The van der Waals surface area contributed by atoms with Gasteiger partial charge in [0.25, 0.3) is 0 Å². The van der Waals surface area contributed by atoms with Gasteiger partial charge in [0.1, 0.15) is 0 Å². The molecule has 2 heterocycles. The lowest BCUT2D eigenvalue weighted by molar-refractivity contribution is -0.117. The summed E-state index contributed by atoms with van der Waals surface area (Å²) in [6.45, 7) is 2.12. The van der Waals surface area contributed by atoms with Crippen LogP contribution in [0, 0.1) is 0 Å². The van der Waals surface area contributed by atoms with Gasteiger partial charge in [0, 0.05) is 37.0 Å². The number of rotatable bonds is 4. The van der Waals surface area contributed by atoms with Crippen molar-refractivity contribution in [3.8, 4) is 0 Å². The maximum Gasteiger partial charge on any atom is 0.228 e. The van der Waals surface area contributed by atoms with Gasteiger partial charge in [-0.05, 0) is 35.9 Å². The van der Waals surface area contributed by atoms with Crippen LogP contribution in [0.15, 0.2) is 48.7 Å². The van der Waals surface area contributed by atoms with Gasteiger partial charge < -0.3 is 4.90 Å². The van der Waals surface area contributed by atoms with E-state index >= 15 is 0 Å². The Kier molecular flexibility index (Phi) is 5.11. The van der Waals surface area contributed by atoms with E-state index in [1.54, 1.807) is 18.0 Å². The predicted octanol–water partition coefficient (Wildman–Crippen LogP) is 3.64. The third kappa shape index (κ3) is 4.11. The second kappa shape index (κ2) is 7.45. The van der Waals surface area contributed by atoms with Crippen molar-refractivity contribution in [1.82, 2.24) is 4.98 Å². The van der Waals surface area contributed by atoms with E-state index in [0.717, 1.165) is 16.9 Å². The molecule has 24 heavy (non-hydrogen) atoms.